The fraction of sp³-hybridized carbons (Fsp3) is 0.538. The third-order valence-corrected chi connectivity index (χ3v) is 3.76. The molecule has 2 atom stereocenters. The highest BCUT2D eigenvalue weighted by atomic mass is 32.2. The first-order valence-electron chi connectivity index (χ1n) is 5.68. The van der Waals surface area contributed by atoms with Gasteiger partial charge in [0.2, 0.25) is 0 Å². The number of benzene rings is 1. The van der Waals surface area contributed by atoms with Crippen molar-refractivity contribution >= 4 is 11.8 Å². The molecule has 0 aromatic heterocycles. The van der Waals surface area contributed by atoms with Gasteiger partial charge in [-0.3, -0.25) is 0 Å². The van der Waals surface area contributed by atoms with Gasteiger partial charge >= 0.3 is 0 Å². The Morgan fingerprint density at radius 2 is 2.12 bits per heavy atom. The quantitative estimate of drug-likeness (QED) is 0.845. The molecule has 1 aromatic rings. The fourth-order valence-electron chi connectivity index (χ4n) is 1.50. The van der Waals surface area contributed by atoms with Crippen LogP contribution < -0.4 is 10.1 Å². The average Bonchev–Trinajstić information content (AvgIpc) is 2.35. The third kappa shape index (κ3) is 4.21. The molecule has 0 heterocycles. The number of ether oxygens (including phenoxy) is 1. The molecule has 0 saturated heterocycles. The van der Waals surface area contributed by atoms with Crippen molar-refractivity contribution in [3.05, 3.63) is 29.6 Å². The van der Waals surface area contributed by atoms with E-state index in [1.807, 2.05) is 24.8 Å². The lowest BCUT2D eigenvalue weighted by Crippen LogP contribution is -2.25. The normalized spacial score (nSPS) is 14.4. The van der Waals surface area contributed by atoms with Crippen molar-refractivity contribution in [3.8, 4) is 5.75 Å². The van der Waals surface area contributed by atoms with Crippen LogP contribution in [-0.2, 0) is 0 Å². The van der Waals surface area contributed by atoms with Crippen molar-refractivity contribution < 1.29 is 9.13 Å². The highest BCUT2D eigenvalue weighted by Gasteiger charge is 2.10. The summed E-state index contributed by atoms with van der Waals surface area (Å²) in [5, 5.41) is 3.94. The largest absolute Gasteiger partial charge is 0.494 e. The van der Waals surface area contributed by atoms with E-state index in [-0.39, 0.29) is 11.9 Å². The molecule has 1 rings (SSSR count). The topological polar surface area (TPSA) is 21.3 Å². The van der Waals surface area contributed by atoms with Crippen LogP contribution in [0, 0.1) is 5.82 Å². The first-order chi connectivity index (χ1) is 8.08. The van der Waals surface area contributed by atoms with Gasteiger partial charge in [-0.15, -0.1) is 0 Å². The van der Waals surface area contributed by atoms with E-state index >= 15 is 0 Å². The minimum Gasteiger partial charge on any atom is -0.494 e. The minimum absolute atomic E-state index is 0.144. The highest BCUT2D eigenvalue weighted by molar-refractivity contribution is 7.99. The lowest BCUT2D eigenvalue weighted by molar-refractivity contribution is 0.385. The molecular formula is C13H20FNOS. The molecule has 0 bridgehead atoms. The second kappa shape index (κ2) is 6.87. The molecule has 0 saturated carbocycles. The molecule has 0 radical (unpaired) electrons. The second-order valence-corrected chi connectivity index (χ2v) is 5.35. The van der Waals surface area contributed by atoms with E-state index in [1.165, 1.54) is 13.2 Å². The van der Waals surface area contributed by atoms with Crippen molar-refractivity contribution in [2.45, 2.75) is 25.1 Å². The summed E-state index contributed by atoms with van der Waals surface area (Å²) in [7, 11) is 1.47. The minimum atomic E-state index is -0.309. The number of hydrogen-bond acceptors (Lipinski definition) is 3. The Labute approximate surface area is 107 Å². The Bertz CT molecular complexity index is 359. The number of methoxy groups -OCH3 is 1. The summed E-state index contributed by atoms with van der Waals surface area (Å²) in [6.45, 7) is 5.11. The molecule has 1 N–H and O–H groups in total. The van der Waals surface area contributed by atoms with Gasteiger partial charge in [-0.05, 0) is 30.9 Å². The Hall–Kier alpha value is -0.740. The van der Waals surface area contributed by atoms with E-state index in [9.17, 15) is 4.39 Å². The summed E-state index contributed by atoms with van der Waals surface area (Å²) < 4.78 is 18.4. The highest BCUT2D eigenvalue weighted by Crippen LogP contribution is 2.21. The van der Waals surface area contributed by atoms with Crippen LogP contribution in [0.5, 0.6) is 5.75 Å². The molecule has 0 amide bonds. The zero-order valence-corrected chi connectivity index (χ0v) is 11.6. The number of halogens is 1. The first kappa shape index (κ1) is 14.3. The number of hydrogen-bond donors (Lipinski definition) is 1. The average molecular weight is 257 g/mol. The number of rotatable bonds is 6. The SMILES string of the molecule is COc1ccc(C(C)NCC(C)SC)cc1F. The molecule has 0 aliphatic heterocycles. The smallest absolute Gasteiger partial charge is 0.165 e. The molecule has 0 fully saturated rings. The van der Waals surface area contributed by atoms with E-state index in [0.717, 1.165) is 12.1 Å². The van der Waals surface area contributed by atoms with Gasteiger partial charge in [-0.1, -0.05) is 13.0 Å². The van der Waals surface area contributed by atoms with E-state index in [4.69, 9.17) is 4.74 Å². The van der Waals surface area contributed by atoms with Crippen molar-refractivity contribution in [1.82, 2.24) is 5.32 Å². The summed E-state index contributed by atoms with van der Waals surface area (Å²) in [6, 6.07) is 5.23. The molecular weight excluding hydrogens is 237 g/mol. The van der Waals surface area contributed by atoms with E-state index in [1.54, 1.807) is 6.07 Å². The molecule has 2 nitrogen and oxygen atoms in total. The van der Waals surface area contributed by atoms with E-state index in [0.29, 0.717) is 11.0 Å². The van der Waals surface area contributed by atoms with Crippen molar-refractivity contribution in [2.24, 2.45) is 0 Å². The standard InChI is InChI=1S/C13H20FNOS/c1-9(17-4)8-15-10(2)11-5-6-13(16-3)12(14)7-11/h5-7,9-10,15H,8H2,1-4H3. The van der Waals surface area contributed by atoms with Crippen molar-refractivity contribution in [2.75, 3.05) is 19.9 Å². The maximum atomic E-state index is 13.5. The lowest BCUT2D eigenvalue weighted by Gasteiger charge is -2.17. The number of nitrogens with one attached hydrogen (secondary N) is 1. The van der Waals surface area contributed by atoms with Gasteiger partial charge in [-0.2, -0.15) is 11.8 Å². The Balaban J connectivity index is 2.63. The molecule has 96 valence electrons. The monoisotopic (exact) mass is 257 g/mol. The fourth-order valence-corrected chi connectivity index (χ4v) is 1.76. The maximum Gasteiger partial charge on any atom is 0.165 e. The summed E-state index contributed by atoms with van der Waals surface area (Å²) in [4.78, 5) is 0. The van der Waals surface area contributed by atoms with Gasteiger partial charge < -0.3 is 10.1 Å². The summed E-state index contributed by atoms with van der Waals surface area (Å²) >= 11 is 1.81. The van der Waals surface area contributed by atoms with Crippen LogP contribution in [0.4, 0.5) is 4.39 Å². The maximum absolute atomic E-state index is 13.5. The van der Waals surface area contributed by atoms with E-state index in [2.05, 4.69) is 18.5 Å². The van der Waals surface area contributed by atoms with Crippen LogP contribution in [0.1, 0.15) is 25.5 Å². The second-order valence-electron chi connectivity index (χ2n) is 4.07. The zero-order valence-electron chi connectivity index (χ0n) is 10.8. The lowest BCUT2D eigenvalue weighted by atomic mass is 10.1. The number of thioether (sulfide) groups is 1. The van der Waals surface area contributed by atoms with Gasteiger partial charge in [0.25, 0.3) is 0 Å². The van der Waals surface area contributed by atoms with Crippen LogP contribution in [-0.4, -0.2) is 25.2 Å². The van der Waals surface area contributed by atoms with Gasteiger partial charge in [0.05, 0.1) is 7.11 Å². The molecule has 4 heteroatoms. The first-order valence-corrected chi connectivity index (χ1v) is 6.97. The summed E-state index contributed by atoms with van der Waals surface area (Å²) in [5.74, 6) is -0.0185. The van der Waals surface area contributed by atoms with Crippen LogP contribution in [0.2, 0.25) is 0 Å². The summed E-state index contributed by atoms with van der Waals surface area (Å²) in [5.41, 5.74) is 0.941. The van der Waals surface area contributed by atoms with Crippen LogP contribution in [0.3, 0.4) is 0 Å². The molecule has 1 aromatic carbocycles. The third-order valence-electron chi connectivity index (χ3n) is 2.79. The molecule has 17 heavy (non-hydrogen) atoms. The van der Waals surface area contributed by atoms with Crippen LogP contribution in [0.15, 0.2) is 18.2 Å². The van der Waals surface area contributed by atoms with E-state index < -0.39 is 0 Å². The summed E-state index contributed by atoms with van der Waals surface area (Å²) in [6.07, 6.45) is 2.09. The van der Waals surface area contributed by atoms with Crippen LogP contribution in [0.25, 0.3) is 0 Å². The molecule has 0 aliphatic rings. The van der Waals surface area contributed by atoms with Gasteiger partial charge in [0.15, 0.2) is 11.6 Å². The molecule has 0 aliphatic carbocycles. The molecule has 0 spiro atoms. The Morgan fingerprint density at radius 3 is 2.65 bits per heavy atom. The Morgan fingerprint density at radius 1 is 1.41 bits per heavy atom. The van der Waals surface area contributed by atoms with Gasteiger partial charge in [0, 0.05) is 17.8 Å². The van der Waals surface area contributed by atoms with Crippen LogP contribution >= 0.6 is 11.8 Å². The van der Waals surface area contributed by atoms with Gasteiger partial charge in [-0.25, -0.2) is 4.39 Å². The zero-order chi connectivity index (χ0) is 12.8. The predicted molar refractivity (Wildman–Crippen MR) is 72.3 cm³/mol. The van der Waals surface area contributed by atoms with Crippen molar-refractivity contribution in [3.63, 3.8) is 0 Å². The predicted octanol–water partition coefficient (Wildman–Crippen LogP) is 3.24. The Kier molecular flexibility index (Phi) is 5.78. The van der Waals surface area contributed by atoms with Gasteiger partial charge in [0.1, 0.15) is 0 Å². The van der Waals surface area contributed by atoms with Crippen molar-refractivity contribution in [1.29, 1.82) is 0 Å². The molecule has 2 unspecified atom stereocenters.